The first kappa shape index (κ1) is 11.0. The molecule has 0 aliphatic rings. The maximum absolute atomic E-state index is 10.7. The number of hydrogen-bond donors (Lipinski definition) is 1. The van der Waals surface area contributed by atoms with Crippen LogP contribution >= 0.6 is 0 Å². The average molecular weight is 169 g/mol. The van der Waals surface area contributed by atoms with E-state index in [2.05, 4.69) is 18.0 Å². The molecule has 0 heterocycles. The predicted octanol–water partition coefficient (Wildman–Crippen LogP) is 0.819. The number of oxime groups is 1. The van der Waals surface area contributed by atoms with E-state index in [1.165, 1.54) is 0 Å². The molecule has 0 bridgehead atoms. The molecular weight excluding hydrogens is 157 g/mol. The summed E-state index contributed by atoms with van der Waals surface area (Å²) in [5.41, 5.74) is 0.375. The monoisotopic (exact) mass is 169 g/mol. The third-order valence-electron chi connectivity index (χ3n) is 1.58. The normalized spacial score (nSPS) is 14.5. The van der Waals surface area contributed by atoms with Gasteiger partial charge in [0.2, 0.25) is 0 Å². The van der Waals surface area contributed by atoms with Crippen LogP contribution in [-0.4, -0.2) is 24.8 Å². The molecule has 0 aliphatic heterocycles. The van der Waals surface area contributed by atoms with Gasteiger partial charge >= 0.3 is 14.0 Å². The van der Waals surface area contributed by atoms with Crippen molar-refractivity contribution in [2.24, 2.45) is 17.0 Å². The fourth-order valence-electron chi connectivity index (χ4n) is 1.09. The zero-order chi connectivity index (χ0) is 9.72. The Kier molecular flexibility index (Phi) is 4.40. The van der Waals surface area contributed by atoms with Crippen LogP contribution in [0.2, 0.25) is 0 Å². The lowest BCUT2D eigenvalue weighted by atomic mass is 9.92. The van der Waals surface area contributed by atoms with Gasteiger partial charge < -0.3 is 9.86 Å². The van der Waals surface area contributed by atoms with E-state index in [4.69, 9.17) is 5.11 Å². The zero-order valence-electron chi connectivity index (χ0n) is 7.44. The van der Waals surface area contributed by atoms with E-state index in [-0.39, 0.29) is 5.92 Å². The van der Waals surface area contributed by atoms with Gasteiger partial charge in [-0.25, -0.2) is 0 Å². The number of nitrogens with zero attached hydrogens (tertiary/aromatic N) is 1. The summed E-state index contributed by atoms with van der Waals surface area (Å²) in [6.07, 6.45) is 0. The van der Waals surface area contributed by atoms with Crippen LogP contribution in [0.15, 0.2) is 5.16 Å². The van der Waals surface area contributed by atoms with Gasteiger partial charge in [0.15, 0.2) is 0 Å². The molecule has 1 atom stereocenters. The van der Waals surface area contributed by atoms with Gasteiger partial charge in [0, 0.05) is 0 Å². The molecule has 0 saturated carbocycles. The highest BCUT2D eigenvalue weighted by Crippen LogP contribution is 2.13. The summed E-state index contributed by atoms with van der Waals surface area (Å²) in [4.78, 5) is 10.7. The summed E-state index contributed by atoms with van der Waals surface area (Å²) in [6, 6.07) is 0. The number of carbonyl (C=O) groups is 1. The van der Waals surface area contributed by atoms with Gasteiger partial charge in [-0.2, -0.15) is 0 Å². The zero-order valence-corrected chi connectivity index (χ0v) is 7.44. The van der Waals surface area contributed by atoms with Gasteiger partial charge in [0.25, 0.3) is 0 Å². The van der Waals surface area contributed by atoms with Crippen LogP contribution in [-0.2, 0) is 9.55 Å². The first-order valence-corrected chi connectivity index (χ1v) is 3.63. The number of carboxylic acids is 1. The van der Waals surface area contributed by atoms with Crippen LogP contribution in [0.4, 0.5) is 0 Å². The first-order valence-electron chi connectivity index (χ1n) is 3.63. The van der Waals surface area contributed by atoms with Crippen molar-refractivity contribution in [3.05, 3.63) is 0 Å². The van der Waals surface area contributed by atoms with E-state index in [9.17, 15) is 4.79 Å². The number of carboxylic acid groups (broad SMARTS) is 1. The molecule has 4 nitrogen and oxygen atoms in total. The number of aliphatic carboxylic acids is 1. The summed E-state index contributed by atoms with van der Waals surface area (Å²) in [5.74, 6) is -1.57. The Bertz CT molecular complexity index is 191. The van der Waals surface area contributed by atoms with Gasteiger partial charge in [-0.05, 0) is 12.8 Å². The highest BCUT2D eigenvalue weighted by Gasteiger charge is 2.24. The Morgan fingerprint density at radius 3 is 2.33 bits per heavy atom. The maximum atomic E-state index is 10.7. The summed E-state index contributed by atoms with van der Waals surface area (Å²) >= 11 is 0. The van der Waals surface area contributed by atoms with E-state index in [0.717, 1.165) is 0 Å². The predicted molar refractivity (Wildman–Crippen MR) is 45.9 cm³/mol. The maximum Gasteiger partial charge on any atom is 0.420 e. The summed E-state index contributed by atoms with van der Waals surface area (Å²) in [7, 11) is 4.69. The second-order valence-electron chi connectivity index (χ2n) is 2.90. The molecule has 66 valence electrons. The molecule has 0 saturated heterocycles. The van der Waals surface area contributed by atoms with Gasteiger partial charge in [0.05, 0.1) is 5.71 Å². The summed E-state index contributed by atoms with van der Waals surface area (Å²) in [5, 5.41) is 12.1. The van der Waals surface area contributed by atoms with Crippen molar-refractivity contribution < 1.29 is 14.7 Å². The third kappa shape index (κ3) is 2.94. The van der Waals surface area contributed by atoms with E-state index in [0.29, 0.717) is 5.71 Å². The Morgan fingerprint density at radius 2 is 2.08 bits per heavy atom. The van der Waals surface area contributed by atoms with Crippen molar-refractivity contribution >= 4 is 19.7 Å². The first-order chi connectivity index (χ1) is 5.50. The lowest BCUT2D eigenvalue weighted by molar-refractivity contribution is -0.140. The quantitative estimate of drug-likeness (QED) is 0.385. The molecule has 0 aromatic rings. The fourth-order valence-corrected chi connectivity index (χ4v) is 1.09. The molecule has 0 aromatic heterocycles. The summed E-state index contributed by atoms with van der Waals surface area (Å²) < 4.78 is 4.01. The lowest BCUT2D eigenvalue weighted by Gasteiger charge is -2.14. The van der Waals surface area contributed by atoms with E-state index in [1.807, 2.05) is 0 Å². The van der Waals surface area contributed by atoms with Gasteiger partial charge in [-0.3, -0.25) is 4.79 Å². The van der Waals surface area contributed by atoms with Crippen molar-refractivity contribution in [1.29, 1.82) is 0 Å². The van der Waals surface area contributed by atoms with Crippen LogP contribution in [0.3, 0.4) is 0 Å². The summed E-state index contributed by atoms with van der Waals surface area (Å²) in [6.45, 7) is 5.17. The van der Waals surface area contributed by atoms with Crippen molar-refractivity contribution in [1.82, 2.24) is 0 Å². The van der Waals surface area contributed by atoms with Crippen LogP contribution < -0.4 is 0 Å². The molecule has 0 spiro atoms. The molecule has 0 unspecified atom stereocenters. The average Bonchev–Trinajstić information content (AvgIpc) is 1.85. The molecule has 1 N–H and O–H groups in total. The van der Waals surface area contributed by atoms with E-state index in [1.54, 1.807) is 20.8 Å². The molecule has 0 rings (SSSR count). The molecule has 0 aliphatic carbocycles. The van der Waals surface area contributed by atoms with E-state index >= 15 is 0 Å². The van der Waals surface area contributed by atoms with Crippen molar-refractivity contribution in [2.75, 3.05) is 0 Å². The minimum Gasteiger partial charge on any atom is -0.481 e. The van der Waals surface area contributed by atoms with Crippen LogP contribution in [0.1, 0.15) is 20.8 Å². The minimum absolute atomic E-state index is 0.0265. The molecule has 12 heavy (non-hydrogen) atoms. The highest BCUT2D eigenvalue weighted by molar-refractivity contribution is 6.02. The number of rotatable bonds is 4. The Hall–Kier alpha value is -0.995. The molecule has 0 amide bonds. The second-order valence-corrected chi connectivity index (χ2v) is 2.90. The van der Waals surface area contributed by atoms with Crippen molar-refractivity contribution in [2.45, 2.75) is 20.8 Å². The van der Waals surface area contributed by atoms with Crippen molar-refractivity contribution in [3.63, 3.8) is 0 Å². The molecule has 0 fully saturated rings. The fraction of sp³-hybridized carbons (Fsp3) is 0.714. The van der Waals surface area contributed by atoms with E-state index < -0.39 is 11.9 Å². The van der Waals surface area contributed by atoms with Gasteiger partial charge in [-0.1, -0.05) is 13.8 Å². The lowest BCUT2D eigenvalue weighted by Crippen LogP contribution is -2.27. The van der Waals surface area contributed by atoms with Gasteiger partial charge in [-0.15, -0.1) is 5.16 Å². The molecule has 5 heteroatoms. The number of hydrogen-bond acceptors (Lipinski definition) is 3. The van der Waals surface area contributed by atoms with Gasteiger partial charge in [0.1, 0.15) is 5.92 Å². The Morgan fingerprint density at radius 1 is 1.58 bits per heavy atom. The third-order valence-corrected chi connectivity index (χ3v) is 1.58. The topological polar surface area (TPSA) is 58.9 Å². The van der Waals surface area contributed by atoms with Crippen LogP contribution in [0.5, 0.6) is 0 Å². The second kappa shape index (κ2) is 4.80. The standard InChI is InChI=1S/C7H12BNO3/c1-4(2)6(7(10)11)5(3)9-12-8/h4,6H,1-3H3,(H,10,11)/b9-5+/t6-/m1/s1. The Balaban J connectivity index is 4.51. The molecule has 0 aromatic carbocycles. The van der Waals surface area contributed by atoms with Crippen LogP contribution in [0.25, 0.3) is 0 Å². The van der Waals surface area contributed by atoms with Crippen LogP contribution in [0, 0.1) is 11.8 Å². The van der Waals surface area contributed by atoms with Crippen molar-refractivity contribution in [3.8, 4) is 0 Å². The minimum atomic E-state index is -0.914. The SMILES string of the molecule is [B]O/N=C(\C)[C@H](C(=O)O)C(C)C. The largest absolute Gasteiger partial charge is 0.481 e. The molecular formula is C7H12BNO3. The highest BCUT2D eigenvalue weighted by atomic mass is 16.6. The smallest absolute Gasteiger partial charge is 0.420 e. The molecule has 2 radical (unpaired) electrons. The Labute approximate surface area is 73.0 Å².